The van der Waals surface area contributed by atoms with Gasteiger partial charge in [0.1, 0.15) is 27.3 Å². The van der Waals surface area contributed by atoms with Crippen LogP contribution < -0.4 is 19.9 Å². The van der Waals surface area contributed by atoms with E-state index in [1.54, 1.807) is 16.7 Å². The first kappa shape index (κ1) is 26.0. The third-order valence-corrected chi connectivity index (χ3v) is 9.07. The summed E-state index contributed by atoms with van der Waals surface area (Å²) in [5, 5.41) is 18.4. The van der Waals surface area contributed by atoms with Crippen molar-refractivity contribution in [2.24, 2.45) is 5.41 Å². The number of benzene rings is 1. The summed E-state index contributed by atoms with van der Waals surface area (Å²) in [5.41, 5.74) is 0.495. The Morgan fingerprint density at radius 3 is 2.63 bits per heavy atom. The Labute approximate surface area is 241 Å². The maximum Gasteiger partial charge on any atom is 0.247 e. The zero-order valence-corrected chi connectivity index (χ0v) is 24.6. The number of piperazine rings is 1. The average molecular weight is 686 g/mol. The summed E-state index contributed by atoms with van der Waals surface area (Å²) < 4.78 is 22.8. The van der Waals surface area contributed by atoms with E-state index in [1.807, 2.05) is 11.8 Å². The lowest BCUT2D eigenvalue weighted by Crippen LogP contribution is -2.54. The number of nitrogens with zero attached hydrogens (tertiary/aromatic N) is 8. The van der Waals surface area contributed by atoms with Crippen molar-refractivity contribution in [2.75, 3.05) is 49.1 Å². The Morgan fingerprint density at radius 2 is 1.92 bits per heavy atom. The number of fused-ring (bicyclic) bond motifs is 2. The molecular weight excluding hydrogens is 666 g/mol. The zero-order chi connectivity index (χ0) is 26.6. The van der Waals surface area contributed by atoms with Crippen molar-refractivity contribution in [1.82, 2.24) is 29.8 Å². The number of aromatic nitrogens is 5. The smallest absolute Gasteiger partial charge is 0.247 e. The minimum absolute atomic E-state index is 0.0783. The molecule has 15 heteroatoms. The van der Waals surface area contributed by atoms with Gasteiger partial charge in [0.15, 0.2) is 5.75 Å². The fourth-order valence-electron chi connectivity index (χ4n) is 4.73. The summed E-state index contributed by atoms with van der Waals surface area (Å²) >= 11 is 15.0. The van der Waals surface area contributed by atoms with Crippen LogP contribution in [0.15, 0.2) is 18.3 Å². The normalized spacial score (nSPS) is 17.4. The number of ether oxygens (including phenoxy) is 1. The van der Waals surface area contributed by atoms with Gasteiger partial charge in [-0.3, -0.25) is 0 Å². The second kappa shape index (κ2) is 10.0. The van der Waals surface area contributed by atoms with E-state index in [9.17, 15) is 9.65 Å². The van der Waals surface area contributed by atoms with Crippen LogP contribution in [0.5, 0.6) is 11.6 Å². The Bertz CT molecular complexity index is 1620. The summed E-state index contributed by atoms with van der Waals surface area (Å²) in [4.78, 5) is 18.2. The monoisotopic (exact) mass is 685 g/mol. The zero-order valence-electron chi connectivity index (χ0n) is 20.0. The number of nitrogens with one attached hydrogen (secondary N) is 1. The second-order valence-electron chi connectivity index (χ2n) is 9.44. The molecule has 1 N–H and O–H groups in total. The summed E-state index contributed by atoms with van der Waals surface area (Å²) in [6.07, 6.45) is 1.85. The molecule has 38 heavy (non-hydrogen) atoms. The van der Waals surface area contributed by atoms with Crippen LogP contribution in [0.2, 0.25) is 10.2 Å². The van der Waals surface area contributed by atoms with Gasteiger partial charge in [-0.2, -0.15) is 20.3 Å². The van der Waals surface area contributed by atoms with Crippen LogP contribution in [0.25, 0.3) is 21.8 Å². The van der Waals surface area contributed by atoms with Crippen LogP contribution in [0, 0.1) is 22.6 Å². The van der Waals surface area contributed by atoms with Gasteiger partial charge >= 0.3 is 0 Å². The van der Waals surface area contributed by atoms with Crippen LogP contribution in [-0.4, -0.2) is 63.8 Å². The molecular formula is C23H20Cl2FIN9OP. The van der Waals surface area contributed by atoms with E-state index in [-0.39, 0.29) is 28.2 Å². The minimum atomic E-state index is -0.634. The van der Waals surface area contributed by atoms with Crippen molar-refractivity contribution >= 4 is 85.2 Å². The highest BCUT2D eigenvalue weighted by atomic mass is 127. The Kier molecular flexibility index (Phi) is 6.85. The van der Waals surface area contributed by atoms with Gasteiger partial charge in [0.05, 0.1) is 40.3 Å². The number of halogens is 4. The second-order valence-corrected chi connectivity index (χ2v) is 12.2. The molecule has 2 aliphatic heterocycles. The lowest BCUT2D eigenvalue weighted by molar-refractivity contribution is 0.332. The molecule has 0 bridgehead atoms. The molecule has 0 saturated carbocycles. The molecule has 4 aromatic rings. The number of nitriles is 1. The Morgan fingerprint density at radius 1 is 1.16 bits per heavy atom. The molecule has 1 atom stereocenters. The molecule has 6 rings (SSSR count). The van der Waals surface area contributed by atoms with E-state index in [0.717, 1.165) is 26.2 Å². The largest absolute Gasteiger partial charge is 0.434 e. The number of rotatable bonds is 5. The van der Waals surface area contributed by atoms with E-state index in [1.165, 1.54) is 6.07 Å². The fourth-order valence-corrected chi connectivity index (χ4v) is 6.64. The molecule has 10 nitrogen and oxygen atoms in total. The van der Waals surface area contributed by atoms with Crippen LogP contribution >= 0.6 is 51.6 Å². The average Bonchev–Trinajstić information content (AvgIpc) is 3.31. The van der Waals surface area contributed by atoms with Crippen molar-refractivity contribution in [2.45, 2.75) is 6.92 Å². The van der Waals surface area contributed by atoms with Crippen LogP contribution in [0.3, 0.4) is 0 Å². The summed E-state index contributed by atoms with van der Waals surface area (Å²) in [6, 6.07) is 5.40. The summed E-state index contributed by atoms with van der Waals surface area (Å²) in [7, 11) is 0. The number of pyridine rings is 1. The van der Waals surface area contributed by atoms with Gasteiger partial charge in [-0.25, -0.2) is 13.8 Å². The molecule has 196 valence electrons. The highest BCUT2D eigenvalue weighted by molar-refractivity contribution is 14.2. The molecule has 1 unspecified atom stereocenters. The summed E-state index contributed by atoms with van der Waals surface area (Å²) in [5.74, 6) is 0.686. The predicted molar refractivity (Wildman–Crippen MR) is 156 cm³/mol. The molecule has 5 heterocycles. The van der Waals surface area contributed by atoms with Crippen molar-refractivity contribution in [3.05, 3.63) is 34.3 Å². The molecule has 0 amide bonds. The van der Waals surface area contributed by atoms with Gasteiger partial charge in [0, 0.05) is 45.3 Å². The standard InChI is InChI=1S/C23H20Cl2FIN9OP/c1-23(9-28)10-35(11-23)22-32-18-12(20(33-22)34-4-2-29-3-5-34)6-16(24)31-21(18)37-19-13-8-30-36(38-27)15(13)7-14(26)17(19)25/h6-8,29,38H,2-5,10-11H2,1H3. The number of anilines is 2. The Balaban J connectivity index is 1.53. The van der Waals surface area contributed by atoms with E-state index in [0.29, 0.717) is 46.7 Å². The van der Waals surface area contributed by atoms with Gasteiger partial charge in [-0.15, -0.1) is 0 Å². The summed E-state index contributed by atoms with van der Waals surface area (Å²) in [6.45, 7) is 5.99. The lowest BCUT2D eigenvalue weighted by atomic mass is 9.84. The molecule has 2 fully saturated rings. The van der Waals surface area contributed by atoms with E-state index in [2.05, 4.69) is 48.4 Å². The van der Waals surface area contributed by atoms with Gasteiger partial charge in [0.2, 0.25) is 11.8 Å². The van der Waals surface area contributed by atoms with Crippen molar-refractivity contribution in [1.29, 1.82) is 5.26 Å². The van der Waals surface area contributed by atoms with Crippen molar-refractivity contribution < 1.29 is 9.13 Å². The van der Waals surface area contributed by atoms with Crippen LogP contribution in [0.4, 0.5) is 16.2 Å². The third kappa shape index (κ3) is 4.48. The third-order valence-electron chi connectivity index (χ3n) is 6.64. The molecule has 0 radical (unpaired) electrons. The van der Waals surface area contributed by atoms with E-state index in [4.69, 9.17) is 37.9 Å². The highest BCUT2D eigenvalue weighted by Crippen LogP contribution is 2.43. The van der Waals surface area contributed by atoms with Crippen molar-refractivity contribution in [3.8, 4) is 17.7 Å². The number of hydrogen-bond donors (Lipinski definition) is 1. The first-order valence-electron chi connectivity index (χ1n) is 11.7. The first-order valence-corrected chi connectivity index (χ1v) is 16.5. The predicted octanol–water partition coefficient (Wildman–Crippen LogP) is 5.16. The maximum atomic E-state index is 14.9. The van der Waals surface area contributed by atoms with Gasteiger partial charge in [-0.1, -0.05) is 23.2 Å². The quantitative estimate of drug-likeness (QED) is 0.173. The molecule has 3 aromatic heterocycles. The SMILES string of the molecule is CC1(C#N)CN(c2nc(N3CCNCC3)c3cc(Cl)nc(Oc4c(Cl)c(F)cc5c4cnn5PI)c3n2)C1. The Hall–Kier alpha value is -2.30. The van der Waals surface area contributed by atoms with Gasteiger partial charge < -0.3 is 19.9 Å². The number of hydrogen-bond acceptors (Lipinski definition) is 9. The minimum Gasteiger partial charge on any atom is -0.434 e. The molecule has 0 aliphatic carbocycles. The lowest BCUT2D eigenvalue weighted by Gasteiger charge is -2.43. The van der Waals surface area contributed by atoms with Gasteiger partial charge in [-0.05, 0) is 35.0 Å². The van der Waals surface area contributed by atoms with E-state index < -0.39 is 11.2 Å². The van der Waals surface area contributed by atoms with Crippen molar-refractivity contribution in [3.63, 3.8) is 0 Å². The maximum absolute atomic E-state index is 14.9. The van der Waals surface area contributed by atoms with Crippen LogP contribution in [-0.2, 0) is 0 Å². The van der Waals surface area contributed by atoms with E-state index >= 15 is 0 Å². The molecule has 2 aliphatic rings. The molecule has 0 spiro atoms. The fraction of sp³-hybridized carbons (Fsp3) is 0.348. The molecule has 1 aromatic carbocycles. The highest BCUT2D eigenvalue weighted by Gasteiger charge is 2.41. The first-order chi connectivity index (χ1) is 18.3. The van der Waals surface area contributed by atoms with Gasteiger partial charge in [0.25, 0.3) is 0 Å². The topological polar surface area (TPSA) is 108 Å². The molecule has 2 saturated heterocycles. The van der Waals surface area contributed by atoms with Crippen LogP contribution in [0.1, 0.15) is 6.92 Å².